The molecule has 0 saturated heterocycles. The van der Waals surface area contributed by atoms with Crippen LogP contribution >= 0.6 is 0 Å². The lowest BCUT2D eigenvalue weighted by Crippen LogP contribution is -2.33. The van der Waals surface area contributed by atoms with Crippen LogP contribution in [0.2, 0.25) is 0 Å². The fourth-order valence-electron chi connectivity index (χ4n) is 2.53. The third-order valence-electron chi connectivity index (χ3n) is 4.02. The number of carbonyl (C=O) groups excluding carboxylic acids is 2. The van der Waals surface area contributed by atoms with E-state index in [0.717, 1.165) is 0 Å². The summed E-state index contributed by atoms with van der Waals surface area (Å²) in [5.41, 5.74) is -0.538. The van der Waals surface area contributed by atoms with Crippen molar-refractivity contribution in [1.29, 1.82) is 0 Å². The van der Waals surface area contributed by atoms with Crippen LogP contribution in [-0.4, -0.2) is 65.2 Å². The summed E-state index contributed by atoms with van der Waals surface area (Å²) >= 11 is 0. The molecular formula is C20H32N2O7S. The summed E-state index contributed by atoms with van der Waals surface area (Å²) in [5, 5.41) is 0. The zero-order valence-electron chi connectivity index (χ0n) is 18.5. The molecule has 0 atom stereocenters. The van der Waals surface area contributed by atoms with E-state index in [2.05, 4.69) is 4.72 Å². The highest BCUT2D eigenvalue weighted by atomic mass is 32.2. The van der Waals surface area contributed by atoms with Crippen molar-refractivity contribution in [1.82, 2.24) is 9.62 Å². The summed E-state index contributed by atoms with van der Waals surface area (Å²) in [6.45, 7) is 5.71. The molecule has 0 aliphatic carbocycles. The van der Waals surface area contributed by atoms with Crippen LogP contribution in [0.25, 0.3) is 0 Å². The number of hydrogen-bond donors (Lipinski definition) is 1. The Labute approximate surface area is 178 Å². The van der Waals surface area contributed by atoms with E-state index in [9.17, 15) is 18.0 Å². The third kappa shape index (κ3) is 8.58. The van der Waals surface area contributed by atoms with Gasteiger partial charge in [0.15, 0.2) is 11.5 Å². The van der Waals surface area contributed by atoms with Crippen molar-refractivity contribution < 1.29 is 32.2 Å². The Morgan fingerprint density at radius 2 is 1.70 bits per heavy atom. The molecular weight excluding hydrogens is 412 g/mol. The SMILES string of the molecule is COc1ccc(S(=O)(=O)NCCC(=O)N(C)CCCC(=O)OC(C)(C)C)cc1OC. The van der Waals surface area contributed by atoms with E-state index in [1.54, 1.807) is 27.8 Å². The van der Waals surface area contributed by atoms with E-state index in [4.69, 9.17) is 14.2 Å². The first-order valence-electron chi connectivity index (χ1n) is 9.57. The predicted octanol–water partition coefficient (Wildman–Crippen LogP) is 1.95. The molecule has 0 aliphatic heterocycles. The topological polar surface area (TPSA) is 111 Å². The molecule has 1 N–H and O–H groups in total. The average molecular weight is 445 g/mol. The van der Waals surface area contributed by atoms with Gasteiger partial charge < -0.3 is 19.1 Å². The van der Waals surface area contributed by atoms with Crippen LogP contribution in [0.4, 0.5) is 0 Å². The molecule has 30 heavy (non-hydrogen) atoms. The number of ether oxygens (including phenoxy) is 3. The van der Waals surface area contributed by atoms with Gasteiger partial charge in [-0.3, -0.25) is 9.59 Å². The third-order valence-corrected chi connectivity index (χ3v) is 5.48. The van der Waals surface area contributed by atoms with E-state index >= 15 is 0 Å². The van der Waals surface area contributed by atoms with E-state index in [0.29, 0.717) is 24.5 Å². The van der Waals surface area contributed by atoms with E-state index < -0.39 is 15.6 Å². The maximum atomic E-state index is 12.4. The fraction of sp³-hybridized carbons (Fsp3) is 0.600. The summed E-state index contributed by atoms with van der Waals surface area (Å²) < 4.78 is 42.7. The molecule has 0 saturated carbocycles. The molecule has 10 heteroatoms. The van der Waals surface area contributed by atoms with Crippen molar-refractivity contribution >= 4 is 21.9 Å². The molecule has 1 rings (SSSR count). The van der Waals surface area contributed by atoms with E-state index in [1.165, 1.54) is 37.3 Å². The van der Waals surface area contributed by atoms with Gasteiger partial charge in [-0.2, -0.15) is 0 Å². The van der Waals surface area contributed by atoms with E-state index in [-0.39, 0.29) is 36.2 Å². The van der Waals surface area contributed by atoms with Gasteiger partial charge in [0.2, 0.25) is 15.9 Å². The first-order valence-corrected chi connectivity index (χ1v) is 11.1. The maximum Gasteiger partial charge on any atom is 0.306 e. The minimum absolute atomic E-state index is 0.00451. The van der Waals surface area contributed by atoms with Crippen molar-refractivity contribution in [2.24, 2.45) is 0 Å². The second-order valence-corrected chi connectivity index (χ2v) is 9.44. The molecule has 0 fully saturated rings. The number of nitrogens with zero attached hydrogens (tertiary/aromatic N) is 1. The first-order chi connectivity index (χ1) is 13.9. The Kier molecular flexibility index (Phi) is 9.57. The molecule has 1 aromatic carbocycles. The van der Waals surface area contributed by atoms with Crippen molar-refractivity contribution in [3.63, 3.8) is 0 Å². The first kappa shape index (κ1) is 25.7. The van der Waals surface area contributed by atoms with Crippen molar-refractivity contribution in [3.05, 3.63) is 18.2 Å². The van der Waals surface area contributed by atoms with Gasteiger partial charge in [0.1, 0.15) is 5.60 Å². The highest BCUT2D eigenvalue weighted by Gasteiger charge is 2.19. The van der Waals surface area contributed by atoms with Gasteiger partial charge in [-0.1, -0.05) is 0 Å². The van der Waals surface area contributed by atoms with Crippen LogP contribution in [-0.2, 0) is 24.3 Å². The second kappa shape index (κ2) is 11.2. The molecule has 170 valence electrons. The lowest BCUT2D eigenvalue weighted by molar-refractivity contribution is -0.155. The predicted molar refractivity (Wildman–Crippen MR) is 112 cm³/mol. The van der Waals surface area contributed by atoms with Gasteiger partial charge in [-0.25, -0.2) is 13.1 Å². The quantitative estimate of drug-likeness (QED) is 0.519. The average Bonchev–Trinajstić information content (AvgIpc) is 2.65. The van der Waals surface area contributed by atoms with Crippen LogP contribution < -0.4 is 14.2 Å². The van der Waals surface area contributed by atoms with Gasteiger partial charge in [-0.05, 0) is 39.3 Å². The van der Waals surface area contributed by atoms with Gasteiger partial charge in [0, 0.05) is 39.0 Å². The van der Waals surface area contributed by atoms with E-state index in [1.807, 2.05) is 0 Å². The highest BCUT2D eigenvalue weighted by molar-refractivity contribution is 7.89. The number of esters is 1. The van der Waals surface area contributed by atoms with Crippen LogP contribution in [0, 0.1) is 0 Å². The number of benzene rings is 1. The number of rotatable bonds is 11. The molecule has 0 aliphatic rings. The Morgan fingerprint density at radius 1 is 1.07 bits per heavy atom. The minimum atomic E-state index is -3.80. The van der Waals surface area contributed by atoms with Gasteiger partial charge in [-0.15, -0.1) is 0 Å². The monoisotopic (exact) mass is 444 g/mol. The number of hydrogen-bond acceptors (Lipinski definition) is 7. The number of amides is 1. The number of sulfonamides is 1. The van der Waals surface area contributed by atoms with Crippen molar-refractivity contribution in [2.45, 2.75) is 50.5 Å². The minimum Gasteiger partial charge on any atom is -0.493 e. The smallest absolute Gasteiger partial charge is 0.306 e. The van der Waals surface area contributed by atoms with Crippen LogP contribution in [0.1, 0.15) is 40.0 Å². The maximum absolute atomic E-state index is 12.4. The van der Waals surface area contributed by atoms with Gasteiger partial charge in [0.25, 0.3) is 0 Å². The van der Waals surface area contributed by atoms with Crippen molar-refractivity contribution in [2.75, 3.05) is 34.4 Å². The molecule has 0 bridgehead atoms. The fourth-order valence-corrected chi connectivity index (χ4v) is 3.57. The van der Waals surface area contributed by atoms with Gasteiger partial charge >= 0.3 is 5.97 Å². The Bertz CT molecular complexity index is 832. The molecule has 0 heterocycles. The Morgan fingerprint density at radius 3 is 2.27 bits per heavy atom. The van der Waals surface area contributed by atoms with Crippen LogP contribution in [0.5, 0.6) is 11.5 Å². The summed E-state index contributed by atoms with van der Waals surface area (Å²) in [4.78, 5) is 25.4. The molecule has 0 unspecified atom stereocenters. The molecule has 0 aromatic heterocycles. The summed E-state index contributed by atoms with van der Waals surface area (Å²) in [6.07, 6.45) is 0.671. The number of methoxy groups -OCH3 is 2. The number of carbonyl (C=O) groups is 2. The summed E-state index contributed by atoms with van der Waals surface area (Å²) in [5.74, 6) is 0.168. The molecule has 1 aromatic rings. The molecule has 0 spiro atoms. The largest absolute Gasteiger partial charge is 0.493 e. The zero-order valence-corrected chi connectivity index (χ0v) is 19.3. The van der Waals surface area contributed by atoms with Gasteiger partial charge in [0.05, 0.1) is 19.1 Å². The molecule has 1 amide bonds. The lowest BCUT2D eigenvalue weighted by atomic mass is 10.2. The van der Waals surface area contributed by atoms with Crippen LogP contribution in [0.3, 0.4) is 0 Å². The van der Waals surface area contributed by atoms with Crippen molar-refractivity contribution in [3.8, 4) is 11.5 Å². The second-order valence-electron chi connectivity index (χ2n) is 7.67. The highest BCUT2D eigenvalue weighted by Crippen LogP contribution is 2.29. The normalized spacial score (nSPS) is 11.7. The zero-order chi connectivity index (χ0) is 22.9. The summed E-state index contributed by atoms with van der Waals surface area (Å²) in [7, 11) is 0.683. The molecule has 9 nitrogen and oxygen atoms in total. The summed E-state index contributed by atoms with van der Waals surface area (Å²) in [6, 6.07) is 4.25. The standard InChI is InChI=1S/C20H32N2O7S/c1-20(2,3)29-19(24)8-7-13-22(4)18(23)11-12-21-30(25,26)15-9-10-16(27-5)17(14-15)28-6/h9-10,14,21H,7-8,11-13H2,1-6H3. The number of nitrogens with one attached hydrogen (secondary N) is 1. The lowest BCUT2D eigenvalue weighted by Gasteiger charge is -2.20. The Hall–Kier alpha value is -2.33. The van der Waals surface area contributed by atoms with Crippen LogP contribution in [0.15, 0.2) is 23.1 Å². The Balaban J connectivity index is 2.48. The molecule has 0 radical (unpaired) electrons.